The smallest absolute Gasteiger partial charge is 0.449 e. The summed E-state index contributed by atoms with van der Waals surface area (Å²) in [6.07, 6.45) is 11.6. The highest BCUT2D eigenvalue weighted by Gasteiger charge is 2.36. The van der Waals surface area contributed by atoms with E-state index in [1.807, 2.05) is 30.3 Å². The van der Waals surface area contributed by atoms with Crippen molar-refractivity contribution >= 4 is 16.5 Å². The highest BCUT2D eigenvalue weighted by Crippen LogP contribution is 2.69. The molecule has 0 atom stereocenters. The fraction of sp³-hybridized carbons (Fsp3) is 0.387. The Bertz CT molecular complexity index is 1030. The highest BCUT2D eigenvalue weighted by atomic mass is 32.3. The molecule has 0 spiro atoms. The molecule has 2 saturated carbocycles. The summed E-state index contributed by atoms with van der Waals surface area (Å²) < 4.78 is 5.97. The zero-order valence-corrected chi connectivity index (χ0v) is 21.2. The van der Waals surface area contributed by atoms with Gasteiger partial charge in [-0.05, 0) is 95.4 Å². The van der Waals surface area contributed by atoms with Crippen LogP contribution in [0.5, 0.6) is 0 Å². The number of hydrogen-bond donors (Lipinski definition) is 1. The van der Waals surface area contributed by atoms with Crippen LogP contribution in [-0.2, 0) is 4.18 Å². The molecule has 2 aliphatic rings. The number of rotatable bonds is 6. The third kappa shape index (κ3) is 5.13. The van der Waals surface area contributed by atoms with E-state index in [0.29, 0.717) is 11.8 Å². The van der Waals surface area contributed by atoms with Crippen molar-refractivity contribution in [3.63, 3.8) is 0 Å². The summed E-state index contributed by atoms with van der Waals surface area (Å²) >= 11 is 0. The van der Waals surface area contributed by atoms with E-state index in [9.17, 15) is 9.90 Å². The van der Waals surface area contributed by atoms with Crippen LogP contribution in [0.4, 0.5) is 4.79 Å². The van der Waals surface area contributed by atoms with Gasteiger partial charge in [-0.3, -0.25) is 0 Å². The third-order valence-electron chi connectivity index (χ3n) is 7.85. The van der Waals surface area contributed by atoms with Crippen molar-refractivity contribution in [2.45, 2.75) is 90.7 Å². The van der Waals surface area contributed by atoms with Gasteiger partial charge in [-0.15, -0.1) is 0 Å². The van der Waals surface area contributed by atoms with Gasteiger partial charge in [-0.2, -0.15) is 0 Å². The zero-order valence-electron chi connectivity index (χ0n) is 20.4. The van der Waals surface area contributed by atoms with E-state index in [0.717, 1.165) is 14.7 Å². The lowest BCUT2D eigenvalue weighted by atomic mass is 9.84. The van der Waals surface area contributed by atoms with E-state index in [1.54, 1.807) is 0 Å². The van der Waals surface area contributed by atoms with Crippen molar-refractivity contribution in [3.05, 3.63) is 90.0 Å². The van der Waals surface area contributed by atoms with Gasteiger partial charge in [0.05, 0.1) is 0 Å². The molecule has 2 fully saturated rings. The summed E-state index contributed by atoms with van der Waals surface area (Å²) in [7, 11) is -2.43. The van der Waals surface area contributed by atoms with Crippen molar-refractivity contribution in [2.75, 3.05) is 0 Å². The maximum Gasteiger partial charge on any atom is 0.517 e. The molecule has 1 N–H and O–H groups in total. The van der Waals surface area contributed by atoms with E-state index in [1.165, 1.54) is 75.3 Å². The molecule has 0 saturated heterocycles. The van der Waals surface area contributed by atoms with E-state index in [2.05, 4.69) is 48.5 Å². The topological polar surface area (TPSA) is 46.5 Å². The maximum absolute atomic E-state index is 12.2. The summed E-state index contributed by atoms with van der Waals surface area (Å²) in [5, 5.41) is 9.95. The number of hydrogen-bond acceptors (Lipinski definition) is 2. The lowest BCUT2D eigenvalue weighted by molar-refractivity contribution is 0.150. The first-order valence-electron chi connectivity index (χ1n) is 13.2. The van der Waals surface area contributed by atoms with E-state index in [4.69, 9.17) is 4.18 Å². The first-order chi connectivity index (χ1) is 17.2. The first-order valence-corrected chi connectivity index (χ1v) is 14.7. The Labute approximate surface area is 211 Å². The zero-order chi connectivity index (χ0) is 24.1. The Morgan fingerprint density at radius 2 is 1.00 bits per heavy atom. The van der Waals surface area contributed by atoms with E-state index in [-0.39, 0.29) is 0 Å². The van der Waals surface area contributed by atoms with Gasteiger partial charge in [0.15, 0.2) is 0 Å². The molecule has 184 valence electrons. The summed E-state index contributed by atoms with van der Waals surface area (Å²) in [4.78, 5) is 14.9. The molecule has 0 heterocycles. The monoisotopic (exact) mass is 488 g/mol. The molecular formula is C31H36O3S. The van der Waals surface area contributed by atoms with E-state index < -0.39 is 16.5 Å². The van der Waals surface area contributed by atoms with Crippen molar-refractivity contribution in [2.24, 2.45) is 0 Å². The molecule has 0 unspecified atom stereocenters. The Kier molecular flexibility index (Phi) is 7.48. The second-order valence-electron chi connectivity index (χ2n) is 10.0. The van der Waals surface area contributed by atoms with Gasteiger partial charge in [-0.25, -0.2) is 4.79 Å². The molecule has 0 bridgehead atoms. The maximum atomic E-state index is 12.2. The van der Waals surface area contributed by atoms with Gasteiger partial charge in [-0.1, -0.05) is 81.0 Å². The molecule has 3 nitrogen and oxygen atoms in total. The lowest BCUT2D eigenvalue weighted by Crippen LogP contribution is -2.13. The van der Waals surface area contributed by atoms with Gasteiger partial charge >= 0.3 is 6.16 Å². The largest absolute Gasteiger partial charge is 0.517 e. The predicted molar refractivity (Wildman–Crippen MR) is 142 cm³/mol. The SMILES string of the molecule is O=C(O)OS(c1ccccc1)(c1ccc(C2CCCCC2)cc1)c1ccc(C2CCCCC2)cc1. The summed E-state index contributed by atoms with van der Waals surface area (Å²) in [5.74, 6) is 1.21. The predicted octanol–water partition coefficient (Wildman–Crippen LogP) is 9.67. The lowest BCUT2D eigenvalue weighted by Gasteiger charge is -2.39. The standard InChI is InChI=1S/C31H36O3S/c32-31(33)34-35(28-14-8-3-9-15-28,29-20-16-26(17-21-29)24-10-4-1-5-11-24)30-22-18-27(19-23-30)25-12-6-2-7-13-25/h3,8-9,14-25H,1-2,4-7,10-13H2,(H,32,33). The quantitative estimate of drug-likeness (QED) is 0.375. The Hall–Kier alpha value is -2.72. The van der Waals surface area contributed by atoms with Crippen LogP contribution < -0.4 is 0 Å². The van der Waals surface area contributed by atoms with Crippen molar-refractivity contribution in [1.82, 2.24) is 0 Å². The Balaban J connectivity index is 1.58. The van der Waals surface area contributed by atoms with Crippen molar-refractivity contribution in [1.29, 1.82) is 0 Å². The number of carbonyl (C=O) groups is 1. The summed E-state index contributed by atoms with van der Waals surface area (Å²) in [6, 6.07) is 27.2. The van der Waals surface area contributed by atoms with Gasteiger partial charge in [0.2, 0.25) is 0 Å². The molecule has 0 aliphatic heterocycles. The molecular weight excluding hydrogens is 452 g/mol. The molecule has 2 aliphatic carbocycles. The van der Waals surface area contributed by atoms with E-state index >= 15 is 0 Å². The number of benzene rings is 3. The Morgan fingerprint density at radius 3 is 1.40 bits per heavy atom. The van der Waals surface area contributed by atoms with Crippen LogP contribution in [0.3, 0.4) is 0 Å². The average molecular weight is 489 g/mol. The molecule has 4 heteroatoms. The molecule has 0 aromatic heterocycles. The van der Waals surface area contributed by atoms with Crippen LogP contribution in [0.25, 0.3) is 0 Å². The second kappa shape index (κ2) is 10.9. The minimum atomic E-state index is -2.43. The van der Waals surface area contributed by atoms with Crippen LogP contribution in [0.15, 0.2) is 93.5 Å². The second-order valence-corrected chi connectivity index (χ2v) is 12.7. The fourth-order valence-corrected chi connectivity index (χ4v) is 8.90. The van der Waals surface area contributed by atoms with Crippen LogP contribution >= 0.6 is 10.3 Å². The van der Waals surface area contributed by atoms with Crippen LogP contribution in [0.2, 0.25) is 0 Å². The molecule has 3 aromatic rings. The highest BCUT2D eigenvalue weighted by molar-refractivity contribution is 8.30. The molecule has 35 heavy (non-hydrogen) atoms. The van der Waals surface area contributed by atoms with Gasteiger partial charge < -0.3 is 9.29 Å². The molecule has 5 rings (SSSR count). The molecule has 3 aromatic carbocycles. The minimum Gasteiger partial charge on any atom is -0.449 e. The number of carboxylic acid groups (broad SMARTS) is 1. The van der Waals surface area contributed by atoms with Crippen molar-refractivity contribution in [3.8, 4) is 0 Å². The van der Waals surface area contributed by atoms with Crippen molar-refractivity contribution < 1.29 is 14.1 Å². The molecule has 0 amide bonds. The van der Waals surface area contributed by atoms with Gasteiger partial charge in [0.1, 0.15) is 0 Å². The Morgan fingerprint density at radius 1 is 0.600 bits per heavy atom. The van der Waals surface area contributed by atoms with Gasteiger partial charge in [0.25, 0.3) is 0 Å². The summed E-state index contributed by atoms with van der Waals surface area (Å²) in [6.45, 7) is 0. The average Bonchev–Trinajstić information content (AvgIpc) is 2.93. The fourth-order valence-electron chi connectivity index (χ4n) is 6.01. The summed E-state index contributed by atoms with van der Waals surface area (Å²) in [5.41, 5.74) is 2.72. The normalized spacial score (nSPS) is 18.2. The third-order valence-corrected chi connectivity index (χ3v) is 11.0. The van der Waals surface area contributed by atoms with Crippen LogP contribution in [0.1, 0.15) is 87.2 Å². The minimum absolute atomic E-state index is 0.606. The van der Waals surface area contributed by atoms with Gasteiger partial charge in [0, 0.05) is 14.7 Å². The molecule has 0 radical (unpaired) electrons. The van der Waals surface area contributed by atoms with Crippen LogP contribution in [-0.4, -0.2) is 11.3 Å². The first kappa shape index (κ1) is 24.0. The van der Waals surface area contributed by atoms with Crippen LogP contribution in [0, 0.1) is 0 Å².